The van der Waals surface area contributed by atoms with Crippen molar-refractivity contribution < 1.29 is 17.2 Å². The van der Waals surface area contributed by atoms with E-state index in [1.54, 1.807) is 89.8 Å². The van der Waals surface area contributed by atoms with Gasteiger partial charge in [-0.2, -0.15) is 0 Å². The zero-order valence-corrected chi connectivity index (χ0v) is 32.6. The first-order valence-electron chi connectivity index (χ1n) is 16.9. The Balaban J connectivity index is 1.01. The van der Waals surface area contributed by atoms with Gasteiger partial charge in [0.05, 0.1) is 14.9 Å². The quantitative estimate of drug-likeness (QED) is 0.165. The van der Waals surface area contributed by atoms with Crippen LogP contribution in [0.15, 0.2) is 125 Å². The standard InChI is InChI=1S/C42H26Cl2F2N4O2S3/c1-23-12-37(53-21-23)27-16-32-34(30-5-3-7-36(46)40(30)44)20-50(42(32)49-18-27)55(51,52)28-10-8-24(9-11-28)13-25-14-38(54-22-25)26-15-31-33(19-48-41(31)47-17-26)29-4-2-6-35(45)39(29)43/h2-12,14-22H,13H2,1H3,(H,47,48). The number of thiophene rings is 2. The predicted octanol–water partition coefficient (Wildman–Crippen LogP) is 12.4. The van der Waals surface area contributed by atoms with E-state index in [-0.39, 0.29) is 20.6 Å². The predicted molar refractivity (Wildman–Crippen MR) is 220 cm³/mol. The van der Waals surface area contributed by atoms with Crippen molar-refractivity contribution in [2.24, 2.45) is 0 Å². The van der Waals surface area contributed by atoms with Gasteiger partial charge < -0.3 is 4.98 Å². The van der Waals surface area contributed by atoms with E-state index in [2.05, 4.69) is 26.4 Å². The molecular formula is C42H26Cl2F2N4O2S3. The first kappa shape index (κ1) is 35.5. The number of H-pyrrole nitrogens is 1. The van der Waals surface area contributed by atoms with Crippen molar-refractivity contribution in [3.05, 3.63) is 159 Å². The second kappa shape index (κ2) is 13.8. The molecule has 1 N–H and O–H groups in total. The van der Waals surface area contributed by atoms with Crippen LogP contribution in [0.4, 0.5) is 8.78 Å². The van der Waals surface area contributed by atoms with Crippen molar-refractivity contribution in [3.63, 3.8) is 0 Å². The highest BCUT2D eigenvalue weighted by Crippen LogP contribution is 2.40. The SMILES string of the molecule is Cc1csc(-c2cnc3c(c2)c(-c2cccc(F)c2Cl)cn3S(=O)(=O)c2ccc(Cc3csc(-c4cnc5[nH]cc(-c6cccc(F)c6Cl)c5c4)c3)cc2)c1. The van der Waals surface area contributed by atoms with Crippen LogP contribution < -0.4 is 0 Å². The Bertz CT molecular complexity index is 3060. The molecule has 9 aromatic rings. The monoisotopic (exact) mass is 822 g/mol. The molecule has 6 aromatic heterocycles. The largest absolute Gasteiger partial charge is 0.346 e. The number of nitrogens with zero attached hydrogens (tertiary/aromatic N) is 3. The molecule has 0 aliphatic heterocycles. The van der Waals surface area contributed by atoms with E-state index >= 15 is 0 Å². The molecule has 0 saturated heterocycles. The smallest absolute Gasteiger partial charge is 0.269 e. The summed E-state index contributed by atoms with van der Waals surface area (Å²) in [6.07, 6.45) is 7.26. The second-order valence-corrected chi connectivity index (χ2v) is 17.5. The molecule has 0 bridgehead atoms. The summed E-state index contributed by atoms with van der Waals surface area (Å²) in [6.45, 7) is 2.00. The Labute approximate surface area is 332 Å². The Morgan fingerprint density at radius 1 is 0.727 bits per heavy atom. The van der Waals surface area contributed by atoms with E-state index in [4.69, 9.17) is 23.2 Å². The average molecular weight is 824 g/mol. The molecule has 0 fully saturated rings. The van der Waals surface area contributed by atoms with Crippen LogP contribution in [-0.2, 0) is 16.4 Å². The Morgan fingerprint density at radius 3 is 2.05 bits per heavy atom. The summed E-state index contributed by atoms with van der Waals surface area (Å²) >= 11 is 15.9. The molecule has 0 aliphatic carbocycles. The molecule has 0 radical (unpaired) electrons. The summed E-state index contributed by atoms with van der Waals surface area (Å²) in [5.74, 6) is -1.09. The van der Waals surface area contributed by atoms with Gasteiger partial charge in [-0.1, -0.05) is 59.6 Å². The summed E-state index contributed by atoms with van der Waals surface area (Å²) in [5.41, 5.74) is 7.84. The van der Waals surface area contributed by atoms with Gasteiger partial charge >= 0.3 is 0 Å². The lowest BCUT2D eigenvalue weighted by atomic mass is 10.0. The van der Waals surface area contributed by atoms with Crippen molar-refractivity contribution in [1.82, 2.24) is 18.9 Å². The van der Waals surface area contributed by atoms with E-state index in [0.29, 0.717) is 34.1 Å². The van der Waals surface area contributed by atoms with E-state index in [0.717, 1.165) is 52.5 Å². The molecule has 272 valence electrons. The fourth-order valence-electron chi connectivity index (χ4n) is 6.73. The Morgan fingerprint density at radius 2 is 1.36 bits per heavy atom. The van der Waals surface area contributed by atoms with Crippen LogP contribution >= 0.6 is 45.9 Å². The zero-order chi connectivity index (χ0) is 38.0. The van der Waals surface area contributed by atoms with E-state index < -0.39 is 21.7 Å². The molecule has 0 unspecified atom stereocenters. The van der Waals surface area contributed by atoms with Crippen LogP contribution in [0.3, 0.4) is 0 Å². The third kappa shape index (κ3) is 6.35. The van der Waals surface area contributed by atoms with Crippen molar-refractivity contribution in [2.45, 2.75) is 18.2 Å². The third-order valence-electron chi connectivity index (χ3n) is 9.47. The third-order valence-corrected chi connectivity index (χ3v) is 14.0. The van der Waals surface area contributed by atoms with Crippen LogP contribution in [0.25, 0.3) is 65.2 Å². The van der Waals surface area contributed by atoms with E-state index in [1.807, 2.05) is 30.5 Å². The molecule has 0 saturated carbocycles. The minimum Gasteiger partial charge on any atom is -0.346 e. The van der Waals surface area contributed by atoms with Gasteiger partial charge in [-0.15, -0.1) is 22.7 Å². The molecule has 0 spiro atoms. The number of nitrogens with one attached hydrogen (secondary N) is 1. The lowest BCUT2D eigenvalue weighted by Crippen LogP contribution is -2.12. The fourth-order valence-corrected chi connectivity index (χ4v) is 10.3. The minimum atomic E-state index is -4.13. The number of hydrogen-bond donors (Lipinski definition) is 1. The maximum Gasteiger partial charge on any atom is 0.269 e. The molecule has 6 nitrogen and oxygen atoms in total. The van der Waals surface area contributed by atoms with Crippen LogP contribution in [0.5, 0.6) is 0 Å². The molecule has 0 aliphatic rings. The number of rotatable bonds is 8. The van der Waals surface area contributed by atoms with Gasteiger partial charge in [-0.3, -0.25) is 0 Å². The van der Waals surface area contributed by atoms with Crippen molar-refractivity contribution >= 4 is 78.0 Å². The molecule has 6 heterocycles. The molecule has 0 atom stereocenters. The molecule has 13 heteroatoms. The maximum absolute atomic E-state index is 14.7. The van der Waals surface area contributed by atoms with Gasteiger partial charge in [0.2, 0.25) is 0 Å². The number of aromatic amines is 1. The van der Waals surface area contributed by atoms with Gasteiger partial charge in [0.25, 0.3) is 10.0 Å². The van der Waals surface area contributed by atoms with E-state index in [9.17, 15) is 17.2 Å². The van der Waals surface area contributed by atoms with Crippen molar-refractivity contribution in [3.8, 4) is 43.1 Å². The molecule has 3 aromatic carbocycles. The second-order valence-electron chi connectivity index (χ2n) is 13.1. The number of hydrogen-bond acceptors (Lipinski definition) is 6. The van der Waals surface area contributed by atoms with Crippen molar-refractivity contribution in [2.75, 3.05) is 0 Å². The summed E-state index contributed by atoms with van der Waals surface area (Å²) in [5, 5.41) is 5.41. The highest BCUT2D eigenvalue weighted by Gasteiger charge is 2.25. The van der Waals surface area contributed by atoms with Gasteiger partial charge in [-0.25, -0.2) is 31.1 Å². The maximum atomic E-state index is 14.7. The van der Waals surface area contributed by atoms with Crippen LogP contribution in [0.2, 0.25) is 10.0 Å². The number of benzene rings is 3. The van der Waals surface area contributed by atoms with Gasteiger partial charge in [0.15, 0.2) is 5.65 Å². The lowest BCUT2D eigenvalue weighted by Gasteiger charge is -2.08. The number of aryl methyl sites for hydroxylation is 1. The molecule has 0 amide bonds. The van der Waals surface area contributed by atoms with Crippen LogP contribution in [0.1, 0.15) is 16.7 Å². The van der Waals surface area contributed by atoms with Gasteiger partial charge in [-0.05, 0) is 89.3 Å². The summed E-state index contributed by atoms with van der Waals surface area (Å²) in [4.78, 5) is 14.4. The summed E-state index contributed by atoms with van der Waals surface area (Å²) in [7, 11) is -4.13. The first-order valence-corrected chi connectivity index (χ1v) is 20.9. The number of pyridine rings is 2. The van der Waals surface area contributed by atoms with Crippen LogP contribution in [0, 0.1) is 18.6 Å². The number of halogens is 4. The van der Waals surface area contributed by atoms with Crippen LogP contribution in [-0.4, -0.2) is 27.3 Å². The summed E-state index contributed by atoms with van der Waals surface area (Å²) in [6, 6.07) is 24.0. The van der Waals surface area contributed by atoms with E-state index in [1.165, 1.54) is 18.3 Å². The molecule has 55 heavy (non-hydrogen) atoms. The fraction of sp³-hybridized carbons (Fsp3) is 0.0476. The number of fused-ring (bicyclic) bond motifs is 2. The number of aromatic nitrogens is 4. The lowest BCUT2D eigenvalue weighted by molar-refractivity contribution is 0.588. The summed E-state index contributed by atoms with van der Waals surface area (Å²) < 4.78 is 58.5. The Kier molecular flexibility index (Phi) is 8.94. The average Bonchev–Trinajstić information content (AvgIpc) is 4.00. The topological polar surface area (TPSA) is 80.6 Å². The van der Waals surface area contributed by atoms with Gasteiger partial charge in [0.1, 0.15) is 17.3 Å². The molecule has 9 rings (SSSR count). The van der Waals surface area contributed by atoms with Gasteiger partial charge in [0, 0.05) is 78.7 Å². The molecular weight excluding hydrogens is 798 g/mol. The first-order chi connectivity index (χ1) is 26.5. The van der Waals surface area contributed by atoms with Crippen molar-refractivity contribution in [1.29, 1.82) is 0 Å². The highest BCUT2D eigenvalue weighted by molar-refractivity contribution is 7.90. The zero-order valence-electron chi connectivity index (χ0n) is 28.6. The normalized spacial score (nSPS) is 11.9. The highest BCUT2D eigenvalue weighted by atomic mass is 35.5. The Hall–Kier alpha value is -5.17. The minimum absolute atomic E-state index is 0.0569.